The van der Waals surface area contributed by atoms with Gasteiger partial charge >= 0.3 is 0 Å². The average Bonchev–Trinajstić information content (AvgIpc) is 2.89. The molecule has 0 amide bonds. The lowest BCUT2D eigenvalue weighted by Gasteiger charge is -2.15. The van der Waals surface area contributed by atoms with Crippen molar-refractivity contribution in [2.45, 2.75) is 26.6 Å². The van der Waals surface area contributed by atoms with Crippen LogP contribution in [-0.2, 0) is 6.61 Å². The molecule has 3 rings (SSSR count). The van der Waals surface area contributed by atoms with Gasteiger partial charge in [-0.25, -0.2) is 4.63 Å². The van der Waals surface area contributed by atoms with Gasteiger partial charge < -0.3 is 9.84 Å². The zero-order chi connectivity index (χ0) is 14.8. The van der Waals surface area contributed by atoms with Gasteiger partial charge in [-0.05, 0) is 19.2 Å². The Bertz CT molecular complexity index is 765. The van der Waals surface area contributed by atoms with E-state index in [-0.39, 0.29) is 6.61 Å². The Balaban J connectivity index is 2.02. The molecule has 0 unspecified atom stereocenters. The number of hydrogen-bond donors (Lipinski definition) is 1. The van der Waals surface area contributed by atoms with Crippen molar-refractivity contribution in [3.63, 3.8) is 0 Å². The highest BCUT2D eigenvalue weighted by Gasteiger charge is 2.14. The zero-order valence-corrected chi connectivity index (χ0v) is 11.9. The van der Waals surface area contributed by atoms with E-state index in [2.05, 4.69) is 14.9 Å². The first kappa shape index (κ1) is 13.6. The van der Waals surface area contributed by atoms with E-state index in [1.54, 1.807) is 6.92 Å². The average molecular weight is 284 g/mol. The summed E-state index contributed by atoms with van der Waals surface area (Å²) in [4.78, 5) is 0. The number of ether oxygens (including phenoxy) is 1. The summed E-state index contributed by atoms with van der Waals surface area (Å²) in [6.45, 7) is 3.79. The summed E-state index contributed by atoms with van der Waals surface area (Å²) in [6.07, 6.45) is -0.610. The molecule has 0 radical (unpaired) electrons. The molecule has 0 aliphatic carbocycles. The number of aliphatic hydroxyl groups excluding tert-OH is 1. The monoisotopic (exact) mass is 284 g/mol. The van der Waals surface area contributed by atoms with Crippen molar-refractivity contribution >= 4 is 10.8 Å². The largest absolute Gasteiger partial charge is 0.486 e. The van der Waals surface area contributed by atoms with Crippen LogP contribution in [0.1, 0.15) is 30.0 Å². The Morgan fingerprint density at radius 3 is 2.71 bits per heavy atom. The van der Waals surface area contributed by atoms with Crippen molar-refractivity contribution in [2.24, 2.45) is 0 Å². The van der Waals surface area contributed by atoms with E-state index in [1.807, 2.05) is 43.3 Å². The molecular formula is C16H16N2O3. The molecule has 1 aromatic heterocycles. The van der Waals surface area contributed by atoms with Gasteiger partial charge in [0, 0.05) is 10.9 Å². The van der Waals surface area contributed by atoms with Crippen molar-refractivity contribution in [1.29, 1.82) is 0 Å². The first-order chi connectivity index (χ1) is 10.2. The van der Waals surface area contributed by atoms with E-state index in [1.165, 1.54) is 0 Å². The van der Waals surface area contributed by atoms with E-state index >= 15 is 0 Å². The molecule has 2 aromatic carbocycles. The standard InChI is InChI=1S/C16H16N2O3/c1-10-15(18-21-17-10)9-20-16-13(11(2)19)8-7-12-5-3-4-6-14(12)16/h3-8,11,19H,9H2,1-2H3/t11-/m0/s1. The van der Waals surface area contributed by atoms with E-state index in [4.69, 9.17) is 4.74 Å². The Kier molecular flexibility index (Phi) is 3.58. The number of benzene rings is 2. The molecule has 0 saturated heterocycles. The van der Waals surface area contributed by atoms with Gasteiger partial charge in [0.1, 0.15) is 23.7 Å². The third-order valence-corrected chi connectivity index (χ3v) is 3.46. The van der Waals surface area contributed by atoms with Gasteiger partial charge in [-0.1, -0.05) is 46.7 Å². The first-order valence-corrected chi connectivity index (χ1v) is 6.77. The molecule has 0 aliphatic rings. The van der Waals surface area contributed by atoms with E-state index in [0.717, 1.165) is 16.3 Å². The van der Waals surface area contributed by atoms with Crippen LogP contribution in [0.25, 0.3) is 10.8 Å². The summed E-state index contributed by atoms with van der Waals surface area (Å²) >= 11 is 0. The van der Waals surface area contributed by atoms with E-state index in [9.17, 15) is 5.11 Å². The highest BCUT2D eigenvalue weighted by Crippen LogP contribution is 2.34. The molecule has 3 aromatic rings. The topological polar surface area (TPSA) is 68.4 Å². The highest BCUT2D eigenvalue weighted by molar-refractivity contribution is 5.89. The van der Waals surface area contributed by atoms with Gasteiger partial charge in [-0.2, -0.15) is 0 Å². The first-order valence-electron chi connectivity index (χ1n) is 6.77. The summed E-state index contributed by atoms with van der Waals surface area (Å²) in [5.74, 6) is 0.672. The summed E-state index contributed by atoms with van der Waals surface area (Å²) < 4.78 is 10.6. The molecule has 0 aliphatic heterocycles. The van der Waals surface area contributed by atoms with E-state index in [0.29, 0.717) is 17.1 Å². The Labute approximate surface area is 122 Å². The fourth-order valence-corrected chi connectivity index (χ4v) is 2.27. The lowest BCUT2D eigenvalue weighted by molar-refractivity contribution is 0.190. The lowest BCUT2D eigenvalue weighted by Crippen LogP contribution is -2.03. The molecule has 1 atom stereocenters. The molecular weight excluding hydrogens is 268 g/mol. The van der Waals surface area contributed by atoms with Crippen molar-refractivity contribution in [3.8, 4) is 5.75 Å². The van der Waals surface area contributed by atoms with Gasteiger partial charge in [0.15, 0.2) is 0 Å². The molecule has 5 heteroatoms. The van der Waals surface area contributed by atoms with Crippen LogP contribution in [0.5, 0.6) is 5.75 Å². The molecule has 0 bridgehead atoms. The van der Waals surface area contributed by atoms with Crippen LogP contribution >= 0.6 is 0 Å². The quantitative estimate of drug-likeness (QED) is 0.797. The molecule has 1 N–H and O–H groups in total. The van der Waals surface area contributed by atoms with Crippen LogP contribution < -0.4 is 4.74 Å². The zero-order valence-electron chi connectivity index (χ0n) is 11.9. The molecule has 0 saturated carbocycles. The van der Waals surface area contributed by atoms with Gasteiger partial charge in [0.2, 0.25) is 0 Å². The van der Waals surface area contributed by atoms with Crippen molar-refractivity contribution in [2.75, 3.05) is 0 Å². The van der Waals surface area contributed by atoms with E-state index < -0.39 is 6.10 Å². The normalized spacial score (nSPS) is 12.5. The Hall–Kier alpha value is -2.40. The fraction of sp³-hybridized carbons (Fsp3) is 0.250. The predicted octanol–water partition coefficient (Wildman–Crippen LogP) is 3.16. The number of aromatic nitrogens is 2. The minimum absolute atomic E-state index is 0.253. The maximum absolute atomic E-state index is 9.95. The van der Waals surface area contributed by atoms with Crippen LogP contribution in [0.15, 0.2) is 41.0 Å². The van der Waals surface area contributed by atoms with Gasteiger partial charge in [-0.15, -0.1) is 0 Å². The van der Waals surface area contributed by atoms with Crippen molar-refractivity contribution < 1.29 is 14.5 Å². The maximum Gasteiger partial charge on any atom is 0.145 e. The third kappa shape index (κ3) is 2.60. The summed E-state index contributed by atoms with van der Waals surface area (Å²) in [5, 5.41) is 19.5. The van der Waals surface area contributed by atoms with Crippen LogP contribution in [-0.4, -0.2) is 15.4 Å². The number of fused-ring (bicyclic) bond motifs is 1. The molecule has 108 valence electrons. The smallest absolute Gasteiger partial charge is 0.145 e. The fourth-order valence-electron chi connectivity index (χ4n) is 2.27. The van der Waals surface area contributed by atoms with Gasteiger partial charge in [0.25, 0.3) is 0 Å². The van der Waals surface area contributed by atoms with Crippen molar-refractivity contribution in [3.05, 3.63) is 53.3 Å². The number of nitrogens with zero attached hydrogens (tertiary/aromatic N) is 2. The lowest BCUT2D eigenvalue weighted by atomic mass is 10.0. The van der Waals surface area contributed by atoms with Gasteiger partial charge in [-0.3, -0.25) is 0 Å². The summed E-state index contributed by atoms with van der Waals surface area (Å²) in [7, 11) is 0. The summed E-state index contributed by atoms with van der Waals surface area (Å²) in [6, 6.07) is 11.8. The number of hydrogen-bond acceptors (Lipinski definition) is 5. The second-order valence-electron chi connectivity index (χ2n) is 4.97. The minimum Gasteiger partial charge on any atom is -0.486 e. The Morgan fingerprint density at radius 2 is 2.00 bits per heavy atom. The predicted molar refractivity (Wildman–Crippen MR) is 77.9 cm³/mol. The van der Waals surface area contributed by atoms with Crippen LogP contribution in [0, 0.1) is 6.92 Å². The minimum atomic E-state index is -0.610. The molecule has 1 heterocycles. The second kappa shape index (κ2) is 5.54. The van der Waals surface area contributed by atoms with Gasteiger partial charge in [0.05, 0.1) is 6.10 Å². The Morgan fingerprint density at radius 1 is 1.19 bits per heavy atom. The SMILES string of the molecule is Cc1nonc1COc1c([C@H](C)O)ccc2ccccc12. The van der Waals surface area contributed by atoms with Crippen LogP contribution in [0.3, 0.4) is 0 Å². The molecule has 21 heavy (non-hydrogen) atoms. The van der Waals surface area contributed by atoms with Crippen LogP contribution in [0.2, 0.25) is 0 Å². The second-order valence-corrected chi connectivity index (χ2v) is 4.97. The molecule has 5 nitrogen and oxygen atoms in total. The summed E-state index contributed by atoms with van der Waals surface area (Å²) in [5.41, 5.74) is 2.11. The highest BCUT2D eigenvalue weighted by atomic mass is 16.6. The number of aliphatic hydroxyl groups is 1. The molecule has 0 spiro atoms. The third-order valence-electron chi connectivity index (χ3n) is 3.46. The maximum atomic E-state index is 9.95. The molecule has 0 fully saturated rings. The van der Waals surface area contributed by atoms with Crippen LogP contribution in [0.4, 0.5) is 0 Å². The number of rotatable bonds is 4. The number of aryl methyl sites for hydroxylation is 1. The van der Waals surface area contributed by atoms with Crippen molar-refractivity contribution in [1.82, 2.24) is 10.3 Å².